The van der Waals surface area contributed by atoms with Gasteiger partial charge in [-0.3, -0.25) is 4.79 Å². The minimum atomic E-state index is -0.0520. The van der Waals surface area contributed by atoms with Crippen LogP contribution in [0.4, 0.5) is 0 Å². The van der Waals surface area contributed by atoms with Crippen LogP contribution in [-0.4, -0.2) is 12.9 Å². The zero-order valence-electron chi connectivity index (χ0n) is 9.91. The number of benzene rings is 2. The average molecular weight is 496 g/mol. The molecule has 2 aromatic rings. The van der Waals surface area contributed by atoms with Crippen molar-refractivity contribution in [2.45, 2.75) is 0 Å². The summed E-state index contributed by atoms with van der Waals surface area (Å²) in [5.74, 6) is 0.521. The Hall–Kier alpha value is -0.400. The van der Waals surface area contributed by atoms with Gasteiger partial charge in [-0.25, -0.2) is 0 Å². The van der Waals surface area contributed by atoms with Crippen molar-refractivity contribution in [1.82, 2.24) is 0 Å². The van der Waals surface area contributed by atoms with E-state index >= 15 is 0 Å². The lowest BCUT2D eigenvalue weighted by atomic mass is 10.0. The van der Waals surface area contributed by atoms with Crippen LogP contribution in [0.3, 0.4) is 0 Å². The second kappa shape index (κ2) is 6.37. The molecular weight excluding hydrogens is 487 g/mol. The lowest BCUT2D eigenvalue weighted by Gasteiger charge is -2.09. The number of rotatable bonds is 3. The standard InChI is InChI=1S/C14H9Br2IO2/c1-19-13-5-3-9(16)7-11(13)14(18)10-6-8(15)2-4-12(10)17/h2-7H,1H3. The van der Waals surface area contributed by atoms with Crippen molar-refractivity contribution in [3.8, 4) is 5.75 Å². The SMILES string of the molecule is COc1ccc(Br)cc1C(=O)c1cc(Br)ccc1I. The number of carbonyl (C=O) groups excluding carboxylic acids is 1. The van der Waals surface area contributed by atoms with Crippen molar-refractivity contribution >= 4 is 60.2 Å². The lowest BCUT2D eigenvalue weighted by molar-refractivity contribution is 0.103. The Morgan fingerprint density at radius 2 is 1.63 bits per heavy atom. The van der Waals surface area contributed by atoms with Crippen molar-refractivity contribution in [2.75, 3.05) is 7.11 Å². The number of hydrogen-bond acceptors (Lipinski definition) is 2. The van der Waals surface area contributed by atoms with Crippen LogP contribution in [0.1, 0.15) is 15.9 Å². The van der Waals surface area contributed by atoms with Crippen molar-refractivity contribution < 1.29 is 9.53 Å². The molecule has 98 valence electrons. The maximum atomic E-state index is 12.6. The van der Waals surface area contributed by atoms with Crippen molar-refractivity contribution in [1.29, 1.82) is 0 Å². The summed E-state index contributed by atoms with van der Waals surface area (Å²) in [5, 5.41) is 0. The largest absolute Gasteiger partial charge is 0.496 e. The number of ether oxygens (including phenoxy) is 1. The first-order valence-electron chi connectivity index (χ1n) is 5.36. The Labute approximate surface area is 141 Å². The van der Waals surface area contributed by atoms with E-state index in [1.165, 1.54) is 0 Å². The van der Waals surface area contributed by atoms with Crippen LogP contribution in [0.15, 0.2) is 45.3 Å². The smallest absolute Gasteiger partial charge is 0.197 e. The van der Waals surface area contributed by atoms with Gasteiger partial charge in [-0.05, 0) is 59.0 Å². The van der Waals surface area contributed by atoms with Gasteiger partial charge in [0.2, 0.25) is 0 Å². The number of ketones is 1. The van der Waals surface area contributed by atoms with E-state index in [1.807, 2.05) is 24.3 Å². The molecule has 19 heavy (non-hydrogen) atoms. The van der Waals surface area contributed by atoms with Crippen LogP contribution in [-0.2, 0) is 0 Å². The van der Waals surface area contributed by atoms with Gasteiger partial charge in [0.1, 0.15) is 5.75 Å². The first-order chi connectivity index (χ1) is 9.02. The second-order valence-corrected chi connectivity index (χ2v) is 6.79. The van der Waals surface area contributed by atoms with Gasteiger partial charge in [-0.2, -0.15) is 0 Å². The van der Waals surface area contributed by atoms with Crippen molar-refractivity contribution in [3.63, 3.8) is 0 Å². The Morgan fingerprint density at radius 3 is 2.26 bits per heavy atom. The number of hydrogen-bond donors (Lipinski definition) is 0. The molecule has 0 aliphatic carbocycles. The molecule has 2 aromatic carbocycles. The van der Waals surface area contributed by atoms with E-state index < -0.39 is 0 Å². The van der Waals surface area contributed by atoms with Gasteiger partial charge in [0.05, 0.1) is 12.7 Å². The van der Waals surface area contributed by atoms with E-state index in [1.54, 1.807) is 19.2 Å². The number of carbonyl (C=O) groups is 1. The third-order valence-electron chi connectivity index (χ3n) is 2.58. The molecule has 0 aromatic heterocycles. The molecule has 0 spiro atoms. The molecule has 0 aliphatic rings. The summed E-state index contributed by atoms with van der Waals surface area (Å²) >= 11 is 8.93. The van der Waals surface area contributed by atoms with Gasteiger partial charge >= 0.3 is 0 Å². The van der Waals surface area contributed by atoms with Crippen LogP contribution in [0.25, 0.3) is 0 Å². The molecule has 0 fully saturated rings. The highest BCUT2D eigenvalue weighted by Gasteiger charge is 2.17. The molecule has 0 saturated carbocycles. The van der Waals surface area contributed by atoms with E-state index in [0.717, 1.165) is 12.5 Å². The van der Waals surface area contributed by atoms with Crippen LogP contribution in [0.5, 0.6) is 5.75 Å². The maximum absolute atomic E-state index is 12.6. The fraction of sp³-hybridized carbons (Fsp3) is 0.0714. The average Bonchev–Trinajstić information content (AvgIpc) is 2.40. The summed E-state index contributed by atoms with van der Waals surface area (Å²) < 4.78 is 7.90. The molecule has 0 heterocycles. The van der Waals surface area contributed by atoms with Gasteiger partial charge in [-0.15, -0.1) is 0 Å². The number of halogens is 3. The fourth-order valence-electron chi connectivity index (χ4n) is 1.67. The zero-order valence-corrected chi connectivity index (χ0v) is 15.2. The maximum Gasteiger partial charge on any atom is 0.197 e. The van der Waals surface area contributed by atoms with E-state index in [-0.39, 0.29) is 5.78 Å². The zero-order chi connectivity index (χ0) is 14.0. The van der Waals surface area contributed by atoms with Gasteiger partial charge in [-0.1, -0.05) is 31.9 Å². The molecule has 0 radical (unpaired) electrons. The normalized spacial score (nSPS) is 10.3. The highest BCUT2D eigenvalue weighted by atomic mass is 127. The first kappa shape index (κ1) is 15.0. The Morgan fingerprint density at radius 1 is 1.05 bits per heavy atom. The quantitative estimate of drug-likeness (QED) is 0.440. The van der Waals surface area contributed by atoms with Gasteiger partial charge in [0.15, 0.2) is 5.78 Å². The van der Waals surface area contributed by atoms with Gasteiger partial charge < -0.3 is 4.74 Å². The Bertz CT molecular complexity index is 641. The van der Waals surface area contributed by atoms with Gasteiger partial charge in [0.25, 0.3) is 0 Å². The molecule has 2 rings (SSSR count). The summed E-state index contributed by atoms with van der Waals surface area (Å²) in [4.78, 5) is 12.6. The summed E-state index contributed by atoms with van der Waals surface area (Å²) in [7, 11) is 1.56. The van der Waals surface area contributed by atoms with E-state index in [0.29, 0.717) is 16.9 Å². The van der Waals surface area contributed by atoms with Crippen LogP contribution < -0.4 is 4.74 Å². The molecule has 0 N–H and O–H groups in total. The van der Waals surface area contributed by atoms with Crippen molar-refractivity contribution in [3.05, 3.63) is 60.0 Å². The molecule has 0 saturated heterocycles. The van der Waals surface area contributed by atoms with Gasteiger partial charge in [0, 0.05) is 18.1 Å². The molecule has 0 unspecified atom stereocenters. The lowest BCUT2D eigenvalue weighted by Crippen LogP contribution is -2.06. The summed E-state index contributed by atoms with van der Waals surface area (Å²) in [5.41, 5.74) is 1.21. The van der Waals surface area contributed by atoms with E-state index in [9.17, 15) is 4.79 Å². The van der Waals surface area contributed by atoms with Crippen molar-refractivity contribution in [2.24, 2.45) is 0 Å². The van der Waals surface area contributed by atoms with E-state index in [4.69, 9.17) is 4.74 Å². The minimum Gasteiger partial charge on any atom is -0.496 e. The van der Waals surface area contributed by atoms with Crippen LogP contribution in [0.2, 0.25) is 0 Å². The summed E-state index contributed by atoms with van der Waals surface area (Å²) in [6, 6.07) is 11.0. The molecule has 0 bridgehead atoms. The minimum absolute atomic E-state index is 0.0520. The monoisotopic (exact) mass is 494 g/mol. The van der Waals surface area contributed by atoms with Crippen LogP contribution in [0, 0.1) is 3.57 Å². The third kappa shape index (κ3) is 3.38. The summed E-state index contributed by atoms with van der Waals surface area (Å²) in [6.07, 6.45) is 0. The molecular formula is C14H9Br2IO2. The molecule has 0 atom stereocenters. The third-order valence-corrected chi connectivity index (χ3v) is 4.51. The molecule has 5 heteroatoms. The highest BCUT2D eigenvalue weighted by Crippen LogP contribution is 2.28. The number of methoxy groups -OCH3 is 1. The molecule has 2 nitrogen and oxygen atoms in total. The highest BCUT2D eigenvalue weighted by molar-refractivity contribution is 14.1. The Kier molecular flexibility index (Phi) is 5.03. The predicted molar refractivity (Wildman–Crippen MR) is 91.0 cm³/mol. The molecule has 0 amide bonds. The fourth-order valence-corrected chi connectivity index (χ4v) is 2.98. The van der Waals surface area contributed by atoms with E-state index in [2.05, 4.69) is 54.5 Å². The first-order valence-corrected chi connectivity index (χ1v) is 8.02. The molecule has 0 aliphatic heterocycles. The topological polar surface area (TPSA) is 26.3 Å². The van der Waals surface area contributed by atoms with Crippen LogP contribution >= 0.6 is 54.5 Å². The second-order valence-electron chi connectivity index (χ2n) is 3.80. The summed E-state index contributed by atoms with van der Waals surface area (Å²) in [6.45, 7) is 0. The Balaban J connectivity index is 2.55. The predicted octanol–water partition coefficient (Wildman–Crippen LogP) is 5.06.